The summed E-state index contributed by atoms with van der Waals surface area (Å²) in [5.74, 6) is 0. The van der Waals surface area contributed by atoms with E-state index >= 15 is 0 Å². The second kappa shape index (κ2) is 28.3. The molecule has 0 aliphatic heterocycles. The van der Waals surface area contributed by atoms with Crippen LogP contribution in [-0.2, 0) is 18.3 Å². The molecule has 0 atom stereocenters. The maximum absolute atomic E-state index is 3.70. The Hall–Kier alpha value is -5.70. The molecule has 2 aliphatic rings. The van der Waals surface area contributed by atoms with E-state index in [1.54, 1.807) is 0 Å². The van der Waals surface area contributed by atoms with Crippen LogP contribution in [-0.4, -0.2) is 0 Å². The summed E-state index contributed by atoms with van der Waals surface area (Å²) in [6.45, 7) is 8.98. The first kappa shape index (κ1) is 59.5. The Labute approximate surface area is 523 Å². The Bertz CT molecular complexity index is 3200. The van der Waals surface area contributed by atoms with Crippen LogP contribution in [0.1, 0.15) is 137 Å². The molecule has 0 N–H and O–H groups in total. The number of aryl methyl sites for hydroxylation is 4. The van der Waals surface area contributed by atoms with Crippen molar-refractivity contribution in [1.82, 2.24) is 0 Å². The molecule has 0 spiro atoms. The molecule has 3 nitrogen and oxygen atoms in total. The van der Waals surface area contributed by atoms with Crippen LogP contribution in [0.25, 0.3) is 11.1 Å². The van der Waals surface area contributed by atoms with Crippen molar-refractivity contribution in [3.63, 3.8) is 0 Å². The maximum atomic E-state index is 3.70. The van der Waals surface area contributed by atoms with Crippen LogP contribution in [0.3, 0.4) is 0 Å². The number of halogens is 4. The van der Waals surface area contributed by atoms with Crippen molar-refractivity contribution < 1.29 is 0 Å². The Morgan fingerprint density at radius 3 is 0.902 bits per heavy atom. The zero-order valence-electron chi connectivity index (χ0n) is 48.2. The number of hydrogen-bond acceptors (Lipinski definition) is 3. The topological polar surface area (TPSA) is 9.72 Å². The smallest absolute Gasteiger partial charge is 0.0465 e. The van der Waals surface area contributed by atoms with Gasteiger partial charge in [-0.15, -0.1) is 0 Å². The van der Waals surface area contributed by atoms with Crippen molar-refractivity contribution in [2.24, 2.45) is 0 Å². The van der Waals surface area contributed by atoms with Crippen molar-refractivity contribution >= 4 is 115 Å². The maximum Gasteiger partial charge on any atom is 0.0465 e. The molecule has 82 heavy (non-hydrogen) atoms. The molecule has 0 saturated heterocycles. The van der Waals surface area contributed by atoms with E-state index in [0.717, 1.165) is 53.5 Å². The van der Waals surface area contributed by atoms with Gasteiger partial charge in [-0.1, -0.05) is 208 Å². The van der Waals surface area contributed by atoms with Gasteiger partial charge in [0.25, 0.3) is 0 Å². The van der Waals surface area contributed by atoms with Crippen molar-refractivity contribution in [3.8, 4) is 11.1 Å². The van der Waals surface area contributed by atoms with E-state index < -0.39 is 0 Å². The molecule has 420 valence electrons. The minimum Gasteiger partial charge on any atom is -0.310 e. The zero-order chi connectivity index (χ0) is 57.0. The minimum atomic E-state index is -0.0937. The van der Waals surface area contributed by atoms with Gasteiger partial charge in [-0.25, -0.2) is 0 Å². The van der Waals surface area contributed by atoms with E-state index in [9.17, 15) is 0 Å². The standard InChI is InChI=1S/C55H62Br2N2.C20H15Br2N/c1-5-7-9-11-13-15-37-55(38-16-14-12-10-8-6-2)53-39-49(58(45-25-17-41(3)18-26-45)47-29-21-43(56)22-30-47)33-35-51(53)52-36-34-50(40-54(52)55)59(46-27-19-42(4)20-28-46)48-31-23-44(57)24-32-48;21-16-4-9-18(10-5-16)23(19-11-6-17(22)7-12-19)20-8-3-14-1-2-15(14)13-20/h17-36,39-40H,5-16,37-38H2,1-4H3;3-13H,1-2H2. The van der Waals surface area contributed by atoms with Gasteiger partial charge < -0.3 is 14.7 Å². The van der Waals surface area contributed by atoms with E-state index in [-0.39, 0.29) is 5.41 Å². The van der Waals surface area contributed by atoms with Crippen molar-refractivity contribution in [2.75, 3.05) is 14.7 Å². The SMILES string of the molecule is Brc1ccc(N(c2ccc(Br)cc2)c2ccc3c(c2)CC3)cc1.CCCCCCCCC1(CCCCCCCC)c2cc(N(c3ccc(C)cc3)c3ccc(Br)cc3)ccc2-c2ccc(N(c3ccc(C)cc3)c3ccc(Br)cc3)cc21. The summed E-state index contributed by atoms with van der Waals surface area (Å²) in [6.07, 6.45) is 20.3. The average molecular weight is 1340 g/mol. The number of benzene rings is 9. The summed E-state index contributed by atoms with van der Waals surface area (Å²) in [4.78, 5) is 7.21. The highest BCUT2D eigenvalue weighted by molar-refractivity contribution is 9.11. The largest absolute Gasteiger partial charge is 0.310 e. The van der Waals surface area contributed by atoms with Gasteiger partial charge in [0.05, 0.1) is 0 Å². The first-order valence-electron chi connectivity index (χ1n) is 30.0. The number of hydrogen-bond donors (Lipinski definition) is 0. The second-order valence-electron chi connectivity index (χ2n) is 22.6. The van der Waals surface area contributed by atoms with Gasteiger partial charge in [-0.2, -0.15) is 0 Å². The fraction of sp³-hybridized carbons (Fsp3) is 0.280. The van der Waals surface area contributed by atoms with Gasteiger partial charge in [0.15, 0.2) is 0 Å². The summed E-state index contributed by atoms with van der Waals surface area (Å²) >= 11 is 14.5. The van der Waals surface area contributed by atoms with E-state index in [2.05, 4.69) is 306 Å². The van der Waals surface area contributed by atoms with Crippen molar-refractivity contribution in [3.05, 3.63) is 251 Å². The van der Waals surface area contributed by atoms with Gasteiger partial charge in [0, 0.05) is 74.5 Å². The van der Waals surface area contributed by atoms with Crippen LogP contribution in [0.4, 0.5) is 51.2 Å². The number of fused-ring (bicyclic) bond motifs is 4. The molecule has 0 aromatic heterocycles. The molecule has 0 saturated carbocycles. The lowest BCUT2D eigenvalue weighted by Crippen LogP contribution is -2.26. The Morgan fingerprint density at radius 1 is 0.305 bits per heavy atom. The molecule has 0 fully saturated rings. The minimum absolute atomic E-state index is 0.0937. The molecular weight excluding hydrogens is 1260 g/mol. The fourth-order valence-electron chi connectivity index (χ4n) is 12.2. The Balaban J connectivity index is 0.000000270. The lowest BCUT2D eigenvalue weighted by Gasteiger charge is -2.35. The zero-order valence-corrected chi connectivity index (χ0v) is 54.6. The van der Waals surface area contributed by atoms with Gasteiger partial charge >= 0.3 is 0 Å². The summed E-state index contributed by atoms with van der Waals surface area (Å²) in [5, 5.41) is 0. The third-order valence-corrected chi connectivity index (χ3v) is 18.9. The van der Waals surface area contributed by atoms with Crippen LogP contribution in [0, 0.1) is 13.8 Å². The number of unbranched alkanes of at least 4 members (excludes halogenated alkanes) is 10. The van der Waals surface area contributed by atoms with E-state index in [0.29, 0.717) is 0 Å². The van der Waals surface area contributed by atoms with Gasteiger partial charge in [-0.3, -0.25) is 0 Å². The Morgan fingerprint density at radius 2 is 0.585 bits per heavy atom. The molecule has 0 unspecified atom stereocenters. The van der Waals surface area contributed by atoms with Crippen LogP contribution in [0.2, 0.25) is 0 Å². The van der Waals surface area contributed by atoms with Crippen molar-refractivity contribution in [1.29, 1.82) is 0 Å². The summed E-state index contributed by atoms with van der Waals surface area (Å²) in [7, 11) is 0. The predicted octanol–water partition coefficient (Wildman–Crippen LogP) is 25.3. The number of rotatable bonds is 23. The van der Waals surface area contributed by atoms with Gasteiger partial charge in [-0.05, 0) is 231 Å². The molecule has 9 aromatic carbocycles. The second-order valence-corrected chi connectivity index (χ2v) is 26.3. The van der Waals surface area contributed by atoms with Gasteiger partial charge in [0.1, 0.15) is 0 Å². The molecule has 0 bridgehead atoms. The quantitative estimate of drug-likeness (QED) is 0.0591. The molecule has 2 aliphatic carbocycles. The first-order valence-corrected chi connectivity index (χ1v) is 33.2. The average Bonchev–Trinajstić information content (AvgIpc) is 3.00. The highest BCUT2D eigenvalue weighted by Gasteiger charge is 2.43. The normalized spacial score (nSPS) is 12.6. The first-order chi connectivity index (χ1) is 40.0. The lowest BCUT2D eigenvalue weighted by molar-refractivity contribution is 0.398. The molecule has 0 heterocycles. The Kier molecular flexibility index (Phi) is 20.5. The van der Waals surface area contributed by atoms with Gasteiger partial charge in [0.2, 0.25) is 0 Å². The van der Waals surface area contributed by atoms with Crippen LogP contribution in [0.15, 0.2) is 218 Å². The molecule has 7 heteroatoms. The number of nitrogens with zero attached hydrogens (tertiary/aromatic N) is 3. The molecular formula is C75H77Br4N3. The van der Waals surface area contributed by atoms with Crippen LogP contribution >= 0.6 is 63.7 Å². The molecule has 0 amide bonds. The third-order valence-electron chi connectivity index (χ3n) is 16.8. The van der Waals surface area contributed by atoms with Crippen LogP contribution in [0.5, 0.6) is 0 Å². The fourth-order valence-corrected chi connectivity index (χ4v) is 13.3. The van der Waals surface area contributed by atoms with Crippen LogP contribution < -0.4 is 14.7 Å². The van der Waals surface area contributed by atoms with E-state index in [1.807, 2.05) is 0 Å². The van der Waals surface area contributed by atoms with Crippen molar-refractivity contribution in [2.45, 2.75) is 136 Å². The molecule has 11 rings (SSSR count). The molecule has 0 radical (unpaired) electrons. The summed E-state index contributed by atoms with van der Waals surface area (Å²) < 4.78 is 4.36. The van der Waals surface area contributed by atoms with E-state index in [1.165, 1.54) is 163 Å². The van der Waals surface area contributed by atoms with E-state index in [4.69, 9.17) is 0 Å². The lowest BCUT2D eigenvalue weighted by atomic mass is 9.70. The highest BCUT2D eigenvalue weighted by atomic mass is 79.9. The molecule has 9 aromatic rings. The summed E-state index contributed by atoms with van der Waals surface area (Å²) in [6, 6.07) is 74.1. The highest BCUT2D eigenvalue weighted by Crippen LogP contribution is 2.57. The summed E-state index contributed by atoms with van der Waals surface area (Å²) in [5.41, 5.74) is 21.9. The monoisotopic (exact) mass is 1340 g/mol. The predicted molar refractivity (Wildman–Crippen MR) is 367 cm³/mol. The third kappa shape index (κ3) is 14.1. The number of anilines is 9.